The Bertz CT molecular complexity index is 515. The Kier molecular flexibility index (Phi) is 2.86. The molecule has 2 aromatic rings. The number of para-hydroxylation sites is 1. The van der Waals surface area contributed by atoms with Crippen LogP contribution < -0.4 is 0 Å². The number of pyridine rings is 1. The molecule has 0 N–H and O–H groups in total. The SMILES string of the molecule is CN(C)C(=O)Cc1cccc2cccnc12. The maximum absolute atomic E-state index is 11.7. The number of fused-ring (bicyclic) bond motifs is 1. The molecule has 0 aliphatic rings. The van der Waals surface area contributed by atoms with Gasteiger partial charge in [-0.3, -0.25) is 9.78 Å². The summed E-state index contributed by atoms with van der Waals surface area (Å²) < 4.78 is 0. The van der Waals surface area contributed by atoms with Crippen LogP contribution in [0.3, 0.4) is 0 Å². The molecule has 3 nitrogen and oxygen atoms in total. The number of amides is 1. The highest BCUT2D eigenvalue weighted by atomic mass is 16.2. The lowest BCUT2D eigenvalue weighted by molar-refractivity contribution is -0.127. The summed E-state index contributed by atoms with van der Waals surface area (Å²) in [6.45, 7) is 0. The first-order valence-corrected chi connectivity index (χ1v) is 5.21. The largest absolute Gasteiger partial charge is 0.349 e. The minimum absolute atomic E-state index is 0.0955. The van der Waals surface area contributed by atoms with Crippen molar-refractivity contribution in [3.05, 3.63) is 42.1 Å². The Morgan fingerprint density at radius 3 is 2.75 bits per heavy atom. The Balaban J connectivity index is 2.41. The van der Waals surface area contributed by atoms with Crippen LogP contribution in [0.1, 0.15) is 5.56 Å². The van der Waals surface area contributed by atoms with Gasteiger partial charge in [-0.1, -0.05) is 24.3 Å². The molecule has 16 heavy (non-hydrogen) atoms. The van der Waals surface area contributed by atoms with Crippen LogP contribution in [0.2, 0.25) is 0 Å². The summed E-state index contributed by atoms with van der Waals surface area (Å²) in [4.78, 5) is 17.6. The average molecular weight is 214 g/mol. The minimum atomic E-state index is 0.0955. The van der Waals surface area contributed by atoms with E-state index in [1.165, 1.54) is 0 Å². The fourth-order valence-corrected chi connectivity index (χ4v) is 1.63. The molecule has 0 spiro atoms. The number of likely N-dealkylation sites (N-methyl/N-ethyl adjacent to an activating group) is 1. The number of aromatic nitrogens is 1. The monoisotopic (exact) mass is 214 g/mol. The second-order valence-corrected chi connectivity index (χ2v) is 3.96. The van der Waals surface area contributed by atoms with Crippen molar-refractivity contribution in [3.63, 3.8) is 0 Å². The van der Waals surface area contributed by atoms with Crippen LogP contribution in [0.5, 0.6) is 0 Å². The number of hydrogen-bond acceptors (Lipinski definition) is 2. The predicted octanol–water partition coefficient (Wildman–Crippen LogP) is 1.87. The topological polar surface area (TPSA) is 33.2 Å². The number of carbonyl (C=O) groups excluding carboxylic acids is 1. The third kappa shape index (κ3) is 2.03. The fourth-order valence-electron chi connectivity index (χ4n) is 1.63. The van der Waals surface area contributed by atoms with E-state index < -0.39 is 0 Å². The molecule has 0 radical (unpaired) electrons. The summed E-state index contributed by atoms with van der Waals surface area (Å²) in [5.74, 6) is 0.0955. The number of rotatable bonds is 2. The Morgan fingerprint density at radius 1 is 1.25 bits per heavy atom. The molecule has 0 aliphatic heterocycles. The quantitative estimate of drug-likeness (QED) is 0.764. The molecule has 0 bridgehead atoms. The van der Waals surface area contributed by atoms with Crippen molar-refractivity contribution in [1.29, 1.82) is 0 Å². The van der Waals surface area contributed by atoms with Crippen LogP contribution in [0.15, 0.2) is 36.5 Å². The summed E-state index contributed by atoms with van der Waals surface area (Å²) >= 11 is 0. The van der Waals surface area contributed by atoms with Gasteiger partial charge in [-0.2, -0.15) is 0 Å². The van der Waals surface area contributed by atoms with Gasteiger partial charge in [-0.05, 0) is 11.6 Å². The van der Waals surface area contributed by atoms with Gasteiger partial charge in [0.2, 0.25) is 5.91 Å². The smallest absolute Gasteiger partial charge is 0.226 e. The number of hydrogen-bond donors (Lipinski definition) is 0. The van der Waals surface area contributed by atoms with Gasteiger partial charge >= 0.3 is 0 Å². The summed E-state index contributed by atoms with van der Waals surface area (Å²) in [5.41, 5.74) is 1.90. The lowest BCUT2D eigenvalue weighted by atomic mass is 10.1. The summed E-state index contributed by atoms with van der Waals surface area (Å²) in [6.07, 6.45) is 2.16. The second kappa shape index (κ2) is 4.31. The van der Waals surface area contributed by atoms with Crippen molar-refractivity contribution in [1.82, 2.24) is 9.88 Å². The molecule has 0 atom stereocenters. The first-order chi connectivity index (χ1) is 7.68. The van der Waals surface area contributed by atoms with Gasteiger partial charge in [-0.25, -0.2) is 0 Å². The number of benzene rings is 1. The van der Waals surface area contributed by atoms with Gasteiger partial charge in [-0.15, -0.1) is 0 Å². The van der Waals surface area contributed by atoms with E-state index in [1.54, 1.807) is 25.2 Å². The average Bonchev–Trinajstić information content (AvgIpc) is 2.29. The second-order valence-electron chi connectivity index (χ2n) is 3.96. The normalized spacial score (nSPS) is 10.4. The standard InChI is InChI=1S/C13H14N2O/c1-15(2)12(16)9-11-6-3-5-10-7-4-8-14-13(10)11/h3-8H,9H2,1-2H3. The molecule has 0 aliphatic carbocycles. The van der Waals surface area contributed by atoms with E-state index in [9.17, 15) is 4.79 Å². The first-order valence-electron chi connectivity index (χ1n) is 5.21. The van der Waals surface area contributed by atoms with Crippen molar-refractivity contribution in [3.8, 4) is 0 Å². The zero-order valence-corrected chi connectivity index (χ0v) is 9.47. The van der Waals surface area contributed by atoms with Crippen LogP contribution in [-0.4, -0.2) is 29.9 Å². The highest BCUT2D eigenvalue weighted by molar-refractivity contribution is 5.87. The molecule has 1 heterocycles. The Morgan fingerprint density at radius 2 is 2.00 bits per heavy atom. The van der Waals surface area contributed by atoms with Crippen molar-refractivity contribution in [2.75, 3.05) is 14.1 Å². The summed E-state index contributed by atoms with van der Waals surface area (Å²) in [5, 5.41) is 1.08. The molecule has 0 fully saturated rings. The molecule has 1 aromatic heterocycles. The van der Waals surface area contributed by atoms with Crippen LogP contribution in [-0.2, 0) is 11.2 Å². The van der Waals surface area contributed by atoms with Crippen LogP contribution in [0, 0.1) is 0 Å². The minimum Gasteiger partial charge on any atom is -0.349 e. The molecule has 0 saturated carbocycles. The first kappa shape index (κ1) is 10.6. The predicted molar refractivity (Wildman–Crippen MR) is 64.1 cm³/mol. The van der Waals surface area contributed by atoms with Crippen molar-refractivity contribution < 1.29 is 4.79 Å². The van der Waals surface area contributed by atoms with E-state index in [2.05, 4.69) is 4.98 Å². The van der Waals surface area contributed by atoms with Gasteiger partial charge in [0.15, 0.2) is 0 Å². The zero-order valence-electron chi connectivity index (χ0n) is 9.47. The van der Waals surface area contributed by atoms with E-state index in [0.29, 0.717) is 6.42 Å². The number of carbonyl (C=O) groups is 1. The maximum atomic E-state index is 11.7. The molecule has 2 rings (SSSR count). The van der Waals surface area contributed by atoms with Gasteiger partial charge < -0.3 is 4.90 Å². The van der Waals surface area contributed by atoms with Gasteiger partial charge in [0.05, 0.1) is 11.9 Å². The highest BCUT2D eigenvalue weighted by Gasteiger charge is 2.08. The van der Waals surface area contributed by atoms with Gasteiger partial charge in [0, 0.05) is 25.7 Å². The molecule has 0 saturated heterocycles. The lowest BCUT2D eigenvalue weighted by Crippen LogP contribution is -2.23. The third-order valence-electron chi connectivity index (χ3n) is 2.56. The zero-order chi connectivity index (χ0) is 11.5. The Hall–Kier alpha value is -1.90. The molecule has 1 amide bonds. The molecular weight excluding hydrogens is 200 g/mol. The maximum Gasteiger partial charge on any atom is 0.226 e. The van der Waals surface area contributed by atoms with Crippen molar-refractivity contribution >= 4 is 16.8 Å². The number of nitrogens with zero attached hydrogens (tertiary/aromatic N) is 2. The van der Waals surface area contributed by atoms with Crippen molar-refractivity contribution in [2.45, 2.75) is 6.42 Å². The fraction of sp³-hybridized carbons (Fsp3) is 0.231. The molecule has 82 valence electrons. The lowest BCUT2D eigenvalue weighted by Gasteiger charge is -2.11. The van der Waals surface area contributed by atoms with E-state index in [0.717, 1.165) is 16.5 Å². The molecule has 3 heteroatoms. The third-order valence-corrected chi connectivity index (χ3v) is 2.56. The van der Waals surface area contributed by atoms with Gasteiger partial charge in [0.25, 0.3) is 0 Å². The Labute approximate surface area is 94.7 Å². The molecule has 1 aromatic carbocycles. The molecule has 0 unspecified atom stereocenters. The van der Waals surface area contributed by atoms with E-state index in [-0.39, 0.29) is 5.91 Å². The molecular formula is C13H14N2O. The van der Waals surface area contributed by atoms with Crippen LogP contribution >= 0.6 is 0 Å². The highest BCUT2D eigenvalue weighted by Crippen LogP contribution is 2.16. The van der Waals surface area contributed by atoms with Crippen LogP contribution in [0.4, 0.5) is 0 Å². The summed E-state index contributed by atoms with van der Waals surface area (Å²) in [7, 11) is 3.53. The van der Waals surface area contributed by atoms with Gasteiger partial charge in [0.1, 0.15) is 0 Å². The van der Waals surface area contributed by atoms with E-state index in [4.69, 9.17) is 0 Å². The summed E-state index contributed by atoms with van der Waals surface area (Å²) in [6, 6.07) is 9.83. The van der Waals surface area contributed by atoms with E-state index >= 15 is 0 Å². The van der Waals surface area contributed by atoms with E-state index in [1.807, 2.05) is 30.3 Å². The van der Waals surface area contributed by atoms with Crippen LogP contribution in [0.25, 0.3) is 10.9 Å². The van der Waals surface area contributed by atoms with Crippen molar-refractivity contribution in [2.24, 2.45) is 0 Å².